The monoisotopic (exact) mass is 396 g/mol. The average Bonchev–Trinajstić information content (AvgIpc) is 2.62. The number of hydrogen-bond acceptors (Lipinski definition) is 2. The van der Waals surface area contributed by atoms with E-state index in [0.29, 0.717) is 0 Å². The zero-order chi connectivity index (χ0) is 19.8. The second-order valence-electron chi connectivity index (χ2n) is 8.49. The van der Waals surface area contributed by atoms with Gasteiger partial charge in [-0.3, -0.25) is 0 Å². The Morgan fingerprint density at radius 3 is 1.81 bits per heavy atom. The molecular weight excluding hydrogens is 355 g/mol. The molecule has 1 rings (SSSR count). The van der Waals surface area contributed by atoms with E-state index in [4.69, 9.17) is 4.74 Å². The number of unbranched alkanes of at least 4 members (excludes halogenated alkanes) is 9. The van der Waals surface area contributed by atoms with Gasteiger partial charge in [0.25, 0.3) is 0 Å². The maximum atomic E-state index is 12.8. The van der Waals surface area contributed by atoms with Crippen LogP contribution in [-0.2, 0) is 11.2 Å². The number of aryl methyl sites for hydroxylation is 1. The predicted octanol–water partition coefficient (Wildman–Crippen LogP) is 7.82. The first-order valence-electron chi connectivity index (χ1n) is 10.9. The molecule has 0 unspecified atom stereocenters. The highest BCUT2D eigenvalue weighted by atomic mass is 32.2. The van der Waals surface area contributed by atoms with Crippen LogP contribution in [-0.4, -0.2) is 23.7 Å². The molecule has 0 spiro atoms. The molecule has 0 saturated carbocycles. The first-order valence-corrected chi connectivity index (χ1v) is 12.1. The molecule has 27 heavy (non-hydrogen) atoms. The summed E-state index contributed by atoms with van der Waals surface area (Å²) in [5.41, 5.74) is 1.26. The smallest absolute Gasteiger partial charge is 0.123 e. The van der Waals surface area contributed by atoms with E-state index in [2.05, 4.69) is 20.8 Å². The maximum absolute atomic E-state index is 12.8. The minimum absolute atomic E-state index is 0.00313. The molecule has 0 fully saturated rings. The lowest BCUT2D eigenvalue weighted by Crippen LogP contribution is -2.20. The summed E-state index contributed by atoms with van der Waals surface area (Å²) < 4.78 is 18.6. The Labute approximate surface area is 171 Å². The predicted molar refractivity (Wildman–Crippen MR) is 119 cm³/mol. The number of benzene rings is 1. The van der Waals surface area contributed by atoms with Crippen molar-refractivity contribution in [3.05, 3.63) is 35.6 Å². The molecule has 0 aliphatic rings. The largest absolute Gasteiger partial charge is 0.375 e. The molecule has 0 radical (unpaired) electrons. The molecule has 0 amide bonds. The zero-order valence-electron chi connectivity index (χ0n) is 17.9. The lowest BCUT2D eigenvalue weighted by molar-refractivity contribution is 0.00695. The summed E-state index contributed by atoms with van der Waals surface area (Å²) in [6, 6.07) is 6.95. The van der Waals surface area contributed by atoms with E-state index in [1.165, 1.54) is 75.5 Å². The van der Waals surface area contributed by atoms with Crippen LogP contribution in [0, 0.1) is 5.82 Å². The van der Waals surface area contributed by atoms with Crippen molar-refractivity contribution in [1.29, 1.82) is 0 Å². The van der Waals surface area contributed by atoms with Crippen LogP contribution in [0.15, 0.2) is 24.3 Å². The number of thioether (sulfide) groups is 1. The molecule has 0 aromatic heterocycles. The average molecular weight is 397 g/mol. The van der Waals surface area contributed by atoms with Crippen LogP contribution in [0.4, 0.5) is 4.39 Å². The Balaban J connectivity index is 1.75. The van der Waals surface area contributed by atoms with Gasteiger partial charge in [-0.05, 0) is 63.5 Å². The van der Waals surface area contributed by atoms with Crippen LogP contribution in [0.1, 0.15) is 90.5 Å². The Hall–Kier alpha value is -0.540. The van der Waals surface area contributed by atoms with E-state index in [1.807, 2.05) is 23.9 Å². The fourth-order valence-corrected chi connectivity index (χ4v) is 3.92. The Kier molecular flexibility index (Phi) is 14.0. The van der Waals surface area contributed by atoms with Gasteiger partial charge >= 0.3 is 0 Å². The van der Waals surface area contributed by atoms with Gasteiger partial charge in [0.1, 0.15) is 5.82 Å². The third-order valence-electron chi connectivity index (χ3n) is 4.68. The lowest BCUT2D eigenvalue weighted by Gasteiger charge is -2.19. The Bertz CT molecular complexity index is 452. The molecule has 1 aromatic carbocycles. The first-order chi connectivity index (χ1) is 13.0. The molecule has 0 saturated heterocycles. The van der Waals surface area contributed by atoms with Crippen molar-refractivity contribution in [2.24, 2.45) is 0 Å². The Morgan fingerprint density at radius 2 is 1.26 bits per heavy atom. The zero-order valence-corrected chi connectivity index (χ0v) is 18.7. The van der Waals surface area contributed by atoms with E-state index in [-0.39, 0.29) is 11.4 Å². The molecule has 0 atom stereocenters. The van der Waals surface area contributed by atoms with Gasteiger partial charge in [-0.15, -0.1) is 0 Å². The summed E-state index contributed by atoms with van der Waals surface area (Å²) in [7, 11) is 0. The quantitative estimate of drug-likeness (QED) is 0.263. The van der Waals surface area contributed by atoms with Crippen molar-refractivity contribution >= 4 is 11.8 Å². The van der Waals surface area contributed by atoms with Gasteiger partial charge in [-0.2, -0.15) is 11.8 Å². The maximum Gasteiger partial charge on any atom is 0.123 e. The van der Waals surface area contributed by atoms with Gasteiger partial charge in [-0.25, -0.2) is 4.39 Å². The molecule has 0 heterocycles. The van der Waals surface area contributed by atoms with Crippen LogP contribution in [0.2, 0.25) is 0 Å². The van der Waals surface area contributed by atoms with Crippen molar-refractivity contribution in [1.82, 2.24) is 0 Å². The number of rotatable bonds is 16. The Morgan fingerprint density at radius 1 is 0.741 bits per heavy atom. The summed E-state index contributed by atoms with van der Waals surface area (Å²) in [6.07, 6.45) is 14.6. The highest BCUT2D eigenvalue weighted by Gasteiger charge is 2.08. The van der Waals surface area contributed by atoms with Gasteiger partial charge in [0, 0.05) is 5.75 Å². The van der Waals surface area contributed by atoms with Crippen molar-refractivity contribution in [3.8, 4) is 0 Å². The molecule has 1 nitrogen and oxygen atoms in total. The van der Waals surface area contributed by atoms with Gasteiger partial charge in [-0.1, -0.05) is 63.5 Å². The number of halogens is 1. The summed E-state index contributed by atoms with van der Waals surface area (Å²) in [4.78, 5) is 0. The van der Waals surface area contributed by atoms with Gasteiger partial charge in [0.2, 0.25) is 0 Å². The highest BCUT2D eigenvalue weighted by Crippen LogP contribution is 2.14. The van der Waals surface area contributed by atoms with Crippen LogP contribution in [0.5, 0.6) is 0 Å². The molecule has 0 bridgehead atoms. The van der Waals surface area contributed by atoms with Crippen LogP contribution in [0.3, 0.4) is 0 Å². The van der Waals surface area contributed by atoms with E-state index in [1.54, 1.807) is 12.1 Å². The molecule has 0 N–H and O–H groups in total. The third kappa shape index (κ3) is 16.1. The topological polar surface area (TPSA) is 9.23 Å². The van der Waals surface area contributed by atoms with Crippen LogP contribution in [0.25, 0.3) is 0 Å². The summed E-state index contributed by atoms with van der Waals surface area (Å²) in [5.74, 6) is 2.27. The van der Waals surface area contributed by atoms with Crippen molar-refractivity contribution in [2.45, 2.75) is 97.0 Å². The van der Waals surface area contributed by atoms with Gasteiger partial charge in [0.15, 0.2) is 0 Å². The summed E-state index contributed by atoms with van der Waals surface area (Å²) in [5, 5.41) is 0. The third-order valence-corrected chi connectivity index (χ3v) is 5.71. The molecule has 0 aliphatic heterocycles. The van der Waals surface area contributed by atoms with Crippen molar-refractivity contribution < 1.29 is 9.13 Å². The number of ether oxygens (including phenoxy) is 1. The van der Waals surface area contributed by atoms with E-state index < -0.39 is 0 Å². The van der Waals surface area contributed by atoms with Crippen molar-refractivity contribution in [2.75, 3.05) is 18.1 Å². The fourth-order valence-electron chi connectivity index (χ4n) is 3.11. The minimum atomic E-state index is -0.136. The van der Waals surface area contributed by atoms with Gasteiger partial charge in [0.05, 0.1) is 12.2 Å². The van der Waals surface area contributed by atoms with E-state index in [0.717, 1.165) is 18.8 Å². The lowest BCUT2D eigenvalue weighted by atomic mass is 10.0. The molecule has 156 valence electrons. The second-order valence-corrected chi connectivity index (χ2v) is 9.71. The summed E-state index contributed by atoms with van der Waals surface area (Å²) in [6.45, 7) is 7.22. The highest BCUT2D eigenvalue weighted by molar-refractivity contribution is 7.99. The van der Waals surface area contributed by atoms with E-state index >= 15 is 0 Å². The minimum Gasteiger partial charge on any atom is -0.375 e. The van der Waals surface area contributed by atoms with Crippen LogP contribution >= 0.6 is 11.8 Å². The normalized spacial score (nSPS) is 11.9. The summed E-state index contributed by atoms with van der Waals surface area (Å²) >= 11 is 2.03. The molecule has 1 aromatic rings. The first kappa shape index (κ1) is 24.5. The van der Waals surface area contributed by atoms with Crippen LogP contribution < -0.4 is 0 Å². The van der Waals surface area contributed by atoms with Crippen molar-refractivity contribution in [3.63, 3.8) is 0 Å². The molecule has 3 heteroatoms. The van der Waals surface area contributed by atoms with Gasteiger partial charge < -0.3 is 4.74 Å². The molecular formula is C24H41FOS. The number of hydrogen-bond donors (Lipinski definition) is 0. The SMILES string of the molecule is CC(C)(C)OCCSCCCCCCCCCCCCc1ccc(F)cc1. The molecule has 0 aliphatic carbocycles. The second kappa shape index (κ2) is 15.4. The van der Waals surface area contributed by atoms with E-state index in [9.17, 15) is 4.39 Å². The standard InChI is InChI=1S/C24H41FOS/c1-24(2,3)26-19-21-27-20-13-11-9-7-5-4-6-8-10-12-14-22-15-17-23(25)18-16-22/h15-18H,4-14,19-21H2,1-3H3. The fraction of sp³-hybridized carbons (Fsp3) is 0.750.